The lowest BCUT2D eigenvalue weighted by atomic mass is 9.90. The van der Waals surface area contributed by atoms with Gasteiger partial charge in [-0.15, -0.1) is 5.92 Å². The largest absolute Gasteiger partial charge is 0.469 e. The van der Waals surface area contributed by atoms with Crippen LogP contribution in [0.5, 0.6) is 0 Å². The van der Waals surface area contributed by atoms with Gasteiger partial charge in [0.05, 0.1) is 7.11 Å². The average molecular weight is 248 g/mol. The van der Waals surface area contributed by atoms with Gasteiger partial charge in [-0.25, -0.2) is 0 Å². The number of rotatable bonds is 7. The Balaban J connectivity index is 3.90. The van der Waals surface area contributed by atoms with E-state index in [2.05, 4.69) is 36.5 Å². The molecule has 0 radical (unpaired) electrons. The molecule has 0 unspecified atom stereocenters. The predicted octanol–water partition coefficient (Wildman–Crippen LogP) is 3.74. The summed E-state index contributed by atoms with van der Waals surface area (Å²) >= 11 is 0. The van der Waals surface area contributed by atoms with Gasteiger partial charge in [-0.3, -0.25) is 4.79 Å². The van der Waals surface area contributed by atoms with E-state index in [1.54, 1.807) is 0 Å². The van der Waals surface area contributed by atoms with Crippen LogP contribution in [0.4, 0.5) is 0 Å². The van der Waals surface area contributed by atoms with Crippen LogP contribution in [0.15, 0.2) is 24.3 Å². The fourth-order valence-electron chi connectivity index (χ4n) is 1.55. The Hall–Kier alpha value is -1.49. The number of carbonyl (C=O) groups is 1. The summed E-state index contributed by atoms with van der Waals surface area (Å²) in [6, 6.07) is 0. The third kappa shape index (κ3) is 8.64. The van der Waals surface area contributed by atoms with Gasteiger partial charge < -0.3 is 4.74 Å². The minimum absolute atomic E-state index is 0.119. The van der Waals surface area contributed by atoms with E-state index in [9.17, 15) is 4.79 Å². The highest BCUT2D eigenvalue weighted by Gasteiger charge is 2.09. The first-order valence-corrected chi connectivity index (χ1v) is 6.44. The molecule has 0 aromatic heterocycles. The molecule has 0 aliphatic rings. The van der Waals surface area contributed by atoms with Crippen molar-refractivity contribution in [1.82, 2.24) is 0 Å². The molecular formula is C16H24O2. The maximum absolute atomic E-state index is 11.0. The highest BCUT2D eigenvalue weighted by atomic mass is 16.5. The van der Waals surface area contributed by atoms with Gasteiger partial charge in [-0.1, -0.05) is 38.0 Å². The normalized spacial score (nSPS) is 14.2. The van der Waals surface area contributed by atoms with Crippen LogP contribution in [0.3, 0.4) is 0 Å². The molecule has 18 heavy (non-hydrogen) atoms. The quantitative estimate of drug-likeness (QED) is 0.390. The summed E-state index contributed by atoms with van der Waals surface area (Å²) in [6.07, 6.45) is 10.5. The maximum Gasteiger partial charge on any atom is 0.305 e. The number of ether oxygens (including phenoxy) is 1. The molecule has 0 aromatic carbocycles. The van der Waals surface area contributed by atoms with E-state index >= 15 is 0 Å². The molecule has 0 fully saturated rings. The first-order valence-electron chi connectivity index (χ1n) is 6.44. The van der Waals surface area contributed by atoms with Crippen LogP contribution in [-0.2, 0) is 9.53 Å². The zero-order valence-corrected chi connectivity index (χ0v) is 11.9. The molecule has 0 heterocycles. The molecule has 0 saturated heterocycles. The SMILES string of the molecule is CC#C/C=C/C=C/[C@@H](C)[C@@H](C)CCCC(=O)OC. The van der Waals surface area contributed by atoms with Gasteiger partial charge >= 0.3 is 5.97 Å². The van der Waals surface area contributed by atoms with E-state index in [1.807, 2.05) is 25.2 Å². The van der Waals surface area contributed by atoms with Crippen LogP contribution in [-0.4, -0.2) is 13.1 Å². The molecule has 0 rings (SSSR count). The molecule has 0 amide bonds. The van der Waals surface area contributed by atoms with Crippen molar-refractivity contribution in [1.29, 1.82) is 0 Å². The number of hydrogen-bond donors (Lipinski definition) is 0. The third-order valence-corrected chi connectivity index (χ3v) is 3.02. The summed E-state index contributed by atoms with van der Waals surface area (Å²) in [7, 11) is 1.43. The zero-order chi connectivity index (χ0) is 13.8. The molecule has 2 atom stereocenters. The monoisotopic (exact) mass is 248 g/mol. The molecule has 0 aromatic rings. The lowest BCUT2D eigenvalue weighted by Gasteiger charge is -2.15. The van der Waals surface area contributed by atoms with Crippen molar-refractivity contribution >= 4 is 5.97 Å². The van der Waals surface area contributed by atoms with Gasteiger partial charge in [-0.05, 0) is 37.7 Å². The highest BCUT2D eigenvalue weighted by molar-refractivity contribution is 5.68. The molecule has 0 aliphatic carbocycles. The van der Waals surface area contributed by atoms with Gasteiger partial charge in [-0.2, -0.15) is 0 Å². The lowest BCUT2D eigenvalue weighted by Crippen LogP contribution is -2.07. The van der Waals surface area contributed by atoms with Crippen LogP contribution in [0, 0.1) is 23.7 Å². The molecule has 0 N–H and O–H groups in total. The lowest BCUT2D eigenvalue weighted by molar-refractivity contribution is -0.140. The van der Waals surface area contributed by atoms with E-state index < -0.39 is 0 Å². The number of allylic oxidation sites excluding steroid dienone is 4. The van der Waals surface area contributed by atoms with Crippen LogP contribution in [0.1, 0.15) is 40.0 Å². The topological polar surface area (TPSA) is 26.3 Å². The molecule has 100 valence electrons. The van der Waals surface area contributed by atoms with Gasteiger partial charge in [0.2, 0.25) is 0 Å². The minimum Gasteiger partial charge on any atom is -0.469 e. The standard InChI is InChI=1S/C16H24O2/c1-5-6-7-8-9-11-14(2)15(3)12-10-13-16(17)18-4/h7-9,11,14-15H,10,12-13H2,1-4H3/b8-7+,11-9+/t14-,15+/m1/s1. The maximum atomic E-state index is 11.0. The van der Waals surface area contributed by atoms with Crippen molar-refractivity contribution in [2.45, 2.75) is 40.0 Å². The summed E-state index contributed by atoms with van der Waals surface area (Å²) in [4.78, 5) is 11.0. The van der Waals surface area contributed by atoms with Crippen molar-refractivity contribution < 1.29 is 9.53 Å². The summed E-state index contributed by atoms with van der Waals surface area (Å²) in [6.45, 7) is 6.22. The van der Waals surface area contributed by atoms with Crippen molar-refractivity contribution in [2.75, 3.05) is 7.11 Å². The Kier molecular flexibility index (Phi) is 9.77. The Morgan fingerprint density at radius 2 is 2.06 bits per heavy atom. The Morgan fingerprint density at radius 1 is 1.33 bits per heavy atom. The molecule has 2 nitrogen and oxygen atoms in total. The Morgan fingerprint density at radius 3 is 2.67 bits per heavy atom. The van der Waals surface area contributed by atoms with E-state index in [0.717, 1.165) is 12.8 Å². The average Bonchev–Trinajstić information content (AvgIpc) is 2.37. The second-order valence-electron chi connectivity index (χ2n) is 4.44. The summed E-state index contributed by atoms with van der Waals surface area (Å²) in [5, 5.41) is 0. The van der Waals surface area contributed by atoms with Crippen LogP contribution in [0.25, 0.3) is 0 Å². The van der Waals surface area contributed by atoms with Crippen molar-refractivity contribution in [3.05, 3.63) is 24.3 Å². The van der Waals surface area contributed by atoms with Gasteiger partial charge in [0, 0.05) is 6.42 Å². The highest BCUT2D eigenvalue weighted by Crippen LogP contribution is 2.19. The fraction of sp³-hybridized carbons (Fsp3) is 0.562. The predicted molar refractivity (Wildman–Crippen MR) is 75.9 cm³/mol. The molecule has 0 spiro atoms. The van der Waals surface area contributed by atoms with E-state index in [4.69, 9.17) is 0 Å². The molecular weight excluding hydrogens is 224 g/mol. The van der Waals surface area contributed by atoms with Crippen LogP contribution in [0.2, 0.25) is 0 Å². The van der Waals surface area contributed by atoms with E-state index in [-0.39, 0.29) is 5.97 Å². The molecule has 0 bridgehead atoms. The number of hydrogen-bond acceptors (Lipinski definition) is 2. The summed E-state index contributed by atoms with van der Waals surface area (Å²) < 4.78 is 4.62. The minimum atomic E-state index is -0.119. The Labute approximate surface area is 111 Å². The second kappa shape index (κ2) is 10.7. The number of carbonyl (C=O) groups excluding carboxylic acids is 1. The van der Waals surface area contributed by atoms with Gasteiger partial charge in [0.15, 0.2) is 0 Å². The Bertz CT molecular complexity index is 342. The molecule has 2 heteroatoms. The van der Waals surface area contributed by atoms with Crippen molar-refractivity contribution in [2.24, 2.45) is 11.8 Å². The molecule has 0 saturated carbocycles. The van der Waals surface area contributed by atoms with Crippen LogP contribution >= 0.6 is 0 Å². The van der Waals surface area contributed by atoms with E-state index in [1.165, 1.54) is 7.11 Å². The summed E-state index contributed by atoms with van der Waals surface area (Å²) in [5.41, 5.74) is 0. The van der Waals surface area contributed by atoms with Crippen LogP contribution < -0.4 is 0 Å². The first-order chi connectivity index (χ1) is 8.61. The van der Waals surface area contributed by atoms with Gasteiger partial charge in [0.25, 0.3) is 0 Å². The third-order valence-electron chi connectivity index (χ3n) is 3.02. The van der Waals surface area contributed by atoms with Gasteiger partial charge in [0.1, 0.15) is 0 Å². The van der Waals surface area contributed by atoms with E-state index in [0.29, 0.717) is 18.3 Å². The van der Waals surface area contributed by atoms with Crippen molar-refractivity contribution in [3.63, 3.8) is 0 Å². The smallest absolute Gasteiger partial charge is 0.305 e. The first kappa shape index (κ1) is 16.5. The zero-order valence-electron chi connectivity index (χ0n) is 11.9. The number of methoxy groups -OCH3 is 1. The van der Waals surface area contributed by atoms with Crippen molar-refractivity contribution in [3.8, 4) is 11.8 Å². The fourth-order valence-corrected chi connectivity index (χ4v) is 1.55. The summed E-state index contributed by atoms with van der Waals surface area (Å²) in [5.74, 6) is 6.63. The second-order valence-corrected chi connectivity index (χ2v) is 4.44. The molecule has 0 aliphatic heterocycles. The number of esters is 1.